The summed E-state index contributed by atoms with van der Waals surface area (Å²) in [5, 5.41) is 20.7. The molecule has 0 radical (unpaired) electrons. The summed E-state index contributed by atoms with van der Waals surface area (Å²) >= 11 is 0. The Bertz CT molecular complexity index is 754. The van der Waals surface area contributed by atoms with E-state index in [9.17, 15) is 15.0 Å². The van der Waals surface area contributed by atoms with Crippen LogP contribution in [0.5, 0.6) is 11.5 Å². The summed E-state index contributed by atoms with van der Waals surface area (Å²) in [6.45, 7) is 8.29. The molecule has 0 atom stereocenters. The Morgan fingerprint density at radius 3 is 1.25 bits per heavy atom. The van der Waals surface area contributed by atoms with Crippen molar-refractivity contribution in [2.24, 2.45) is 0 Å². The third-order valence-electron chi connectivity index (χ3n) is 5.18. The summed E-state index contributed by atoms with van der Waals surface area (Å²) in [4.78, 5) is 13.6. The molecule has 0 amide bonds. The summed E-state index contributed by atoms with van der Waals surface area (Å²) in [5.41, 5.74) is 4.84. The highest BCUT2D eigenvalue weighted by Gasteiger charge is 2.21. The van der Waals surface area contributed by atoms with Gasteiger partial charge in [0.1, 0.15) is 11.5 Å². The zero-order chi connectivity index (χ0) is 20.7. The van der Waals surface area contributed by atoms with E-state index >= 15 is 0 Å². The van der Waals surface area contributed by atoms with Crippen molar-refractivity contribution in [2.45, 2.75) is 79.1 Å². The highest BCUT2D eigenvalue weighted by Crippen LogP contribution is 2.31. The van der Waals surface area contributed by atoms with Crippen LogP contribution in [0.3, 0.4) is 0 Å². The van der Waals surface area contributed by atoms with Crippen LogP contribution in [0.25, 0.3) is 0 Å². The first-order valence-electron chi connectivity index (χ1n) is 10.7. The lowest BCUT2D eigenvalue weighted by atomic mass is 9.88. The summed E-state index contributed by atoms with van der Waals surface area (Å²) in [6, 6.07) is 7.31. The first kappa shape index (κ1) is 22.0. The van der Waals surface area contributed by atoms with Gasteiger partial charge in [-0.1, -0.05) is 53.4 Å². The Morgan fingerprint density at radius 2 is 0.929 bits per heavy atom. The number of carbonyl (C=O) groups is 1. The summed E-state index contributed by atoms with van der Waals surface area (Å²) in [6.07, 6.45) is 6.64. The second-order valence-corrected chi connectivity index (χ2v) is 7.61. The van der Waals surface area contributed by atoms with Crippen LogP contribution in [0.15, 0.2) is 24.3 Å². The Labute approximate surface area is 169 Å². The third kappa shape index (κ3) is 4.95. The molecule has 0 aliphatic rings. The van der Waals surface area contributed by atoms with E-state index in [1.807, 2.05) is 12.1 Å². The summed E-state index contributed by atoms with van der Waals surface area (Å²) in [5.74, 6) is 0.572. The second kappa shape index (κ2) is 10.3. The number of rotatable bonds is 10. The molecule has 0 bridgehead atoms. The number of benzene rings is 2. The maximum atomic E-state index is 13.6. The molecule has 3 nitrogen and oxygen atoms in total. The van der Waals surface area contributed by atoms with Crippen LogP contribution < -0.4 is 0 Å². The van der Waals surface area contributed by atoms with E-state index in [1.165, 1.54) is 0 Å². The average Bonchev–Trinajstić information content (AvgIpc) is 2.66. The van der Waals surface area contributed by atoms with E-state index in [4.69, 9.17) is 0 Å². The van der Waals surface area contributed by atoms with Crippen molar-refractivity contribution >= 4 is 5.78 Å². The molecular weight excluding hydrogens is 348 g/mol. The quantitative estimate of drug-likeness (QED) is 0.485. The van der Waals surface area contributed by atoms with Crippen LogP contribution in [0.2, 0.25) is 0 Å². The molecule has 2 N–H and O–H groups in total. The largest absolute Gasteiger partial charge is 0.508 e. The van der Waals surface area contributed by atoms with Gasteiger partial charge >= 0.3 is 0 Å². The van der Waals surface area contributed by atoms with Gasteiger partial charge in [0.15, 0.2) is 5.78 Å². The van der Waals surface area contributed by atoms with E-state index in [2.05, 4.69) is 27.7 Å². The Kier molecular flexibility index (Phi) is 8.10. The molecule has 152 valence electrons. The number of hydrogen-bond donors (Lipinski definition) is 2. The predicted octanol–water partition coefficient (Wildman–Crippen LogP) is 6.14. The number of phenols is 2. The molecule has 3 heteroatoms. The van der Waals surface area contributed by atoms with Gasteiger partial charge in [-0.3, -0.25) is 4.79 Å². The number of hydrogen-bond acceptors (Lipinski definition) is 3. The first-order chi connectivity index (χ1) is 13.5. The van der Waals surface area contributed by atoms with Gasteiger partial charge in [-0.2, -0.15) is 0 Å². The fourth-order valence-corrected chi connectivity index (χ4v) is 3.81. The third-order valence-corrected chi connectivity index (χ3v) is 5.18. The van der Waals surface area contributed by atoms with E-state index in [0.717, 1.165) is 73.6 Å². The van der Waals surface area contributed by atoms with Crippen molar-refractivity contribution in [2.75, 3.05) is 0 Å². The van der Waals surface area contributed by atoms with Crippen molar-refractivity contribution in [3.63, 3.8) is 0 Å². The fourth-order valence-electron chi connectivity index (χ4n) is 3.81. The zero-order valence-electron chi connectivity index (χ0n) is 17.8. The molecule has 28 heavy (non-hydrogen) atoms. The molecule has 0 heterocycles. The van der Waals surface area contributed by atoms with Crippen LogP contribution in [0.4, 0.5) is 0 Å². The van der Waals surface area contributed by atoms with Gasteiger partial charge in [0.2, 0.25) is 0 Å². The molecule has 0 spiro atoms. The number of phenolic OH excluding ortho intramolecular Hbond substituents is 2. The van der Waals surface area contributed by atoms with Gasteiger partial charge in [0.25, 0.3) is 0 Å². The Balaban J connectivity index is 2.63. The van der Waals surface area contributed by atoms with Crippen LogP contribution in [0.1, 0.15) is 91.6 Å². The number of aryl methyl sites for hydroxylation is 4. The molecule has 0 unspecified atom stereocenters. The normalized spacial score (nSPS) is 11.0. The standard InChI is InChI=1S/C25H34O3/c1-5-9-17-15-23(26)19(11-7-3)13-21(17)25(28)22-14-20(12-8-4)24(27)16-18(22)10-6-2/h13-16,26-27H,5-12H2,1-4H3. The monoisotopic (exact) mass is 382 g/mol. The van der Waals surface area contributed by atoms with Crippen molar-refractivity contribution in [1.29, 1.82) is 0 Å². The van der Waals surface area contributed by atoms with Crippen LogP contribution in [-0.2, 0) is 25.7 Å². The zero-order valence-corrected chi connectivity index (χ0v) is 17.8. The maximum absolute atomic E-state index is 13.6. The molecule has 2 aromatic carbocycles. The topological polar surface area (TPSA) is 57.5 Å². The molecule has 0 aliphatic carbocycles. The van der Waals surface area contributed by atoms with E-state index in [-0.39, 0.29) is 17.3 Å². The molecule has 2 rings (SSSR count). The van der Waals surface area contributed by atoms with Gasteiger partial charge < -0.3 is 10.2 Å². The number of ketones is 1. The molecular formula is C25H34O3. The number of carbonyl (C=O) groups excluding carboxylic acids is 1. The van der Waals surface area contributed by atoms with Crippen LogP contribution >= 0.6 is 0 Å². The average molecular weight is 383 g/mol. The fraction of sp³-hybridized carbons (Fsp3) is 0.480. The minimum atomic E-state index is 0.00149. The van der Waals surface area contributed by atoms with Gasteiger partial charge in [-0.15, -0.1) is 0 Å². The summed E-state index contributed by atoms with van der Waals surface area (Å²) < 4.78 is 0. The molecule has 0 aliphatic heterocycles. The van der Waals surface area contributed by atoms with E-state index in [1.54, 1.807) is 12.1 Å². The van der Waals surface area contributed by atoms with Crippen molar-refractivity contribution < 1.29 is 15.0 Å². The number of aromatic hydroxyl groups is 2. The molecule has 0 saturated heterocycles. The van der Waals surface area contributed by atoms with Crippen molar-refractivity contribution in [3.8, 4) is 11.5 Å². The minimum Gasteiger partial charge on any atom is -0.508 e. The van der Waals surface area contributed by atoms with Crippen LogP contribution in [0, 0.1) is 0 Å². The first-order valence-corrected chi connectivity index (χ1v) is 10.7. The van der Waals surface area contributed by atoms with Gasteiger partial charge in [0.05, 0.1) is 0 Å². The highest BCUT2D eigenvalue weighted by molar-refractivity contribution is 6.11. The Morgan fingerprint density at radius 1 is 0.607 bits per heavy atom. The molecule has 2 aromatic rings. The smallest absolute Gasteiger partial charge is 0.193 e. The lowest BCUT2D eigenvalue weighted by Crippen LogP contribution is -2.11. The van der Waals surface area contributed by atoms with Gasteiger partial charge in [-0.05, 0) is 72.2 Å². The SMILES string of the molecule is CCCc1cc(C(=O)c2cc(CCC)c(O)cc2CCC)c(CCC)cc1O. The van der Waals surface area contributed by atoms with Crippen LogP contribution in [-0.4, -0.2) is 16.0 Å². The molecule has 0 saturated carbocycles. The van der Waals surface area contributed by atoms with E-state index < -0.39 is 0 Å². The van der Waals surface area contributed by atoms with Crippen molar-refractivity contribution in [1.82, 2.24) is 0 Å². The maximum Gasteiger partial charge on any atom is 0.193 e. The lowest BCUT2D eigenvalue weighted by molar-refractivity contribution is 0.103. The van der Waals surface area contributed by atoms with Gasteiger partial charge in [-0.25, -0.2) is 0 Å². The van der Waals surface area contributed by atoms with Crippen molar-refractivity contribution in [3.05, 3.63) is 57.6 Å². The predicted molar refractivity (Wildman–Crippen MR) is 116 cm³/mol. The second-order valence-electron chi connectivity index (χ2n) is 7.61. The summed E-state index contributed by atoms with van der Waals surface area (Å²) in [7, 11) is 0. The Hall–Kier alpha value is -2.29. The van der Waals surface area contributed by atoms with Gasteiger partial charge in [0, 0.05) is 11.1 Å². The molecule has 0 aromatic heterocycles. The van der Waals surface area contributed by atoms with E-state index in [0.29, 0.717) is 11.1 Å². The minimum absolute atomic E-state index is 0.00149. The molecule has 0 fully saturated rings. The lowest BCUT2D eigenvalue weighted by Gasteiger charge is -2.16. The highest BCUT2D eigenvalue weighted by atomic mass is 16.3.